The van der Waals surface area contributed by atoms with E-state index in [1.807, 2.05) is 7.05 Å². The molecular weight excluding hydrogens is 210 g/mol. The number of aromatic nitrogens is 2. The molecule has 1 aromatic rings. The van der Waals surface area contributed by atoms with Crippen LogP contribution < -0.4 is 5.32 Å². The molecule has 0 amide bonds. The molecule has 3 nitrogen and oxygen atoms in total. The smallest absolute Gasteiger partial charge is 0.0641 e. The zero-order chi connectivity index (χ0) is 12.4. The van der Waals surface area contributed by atoms with Crippen LogP contribution in [0, 0.1) is 19.8 Å². The largest absolute Gasteiger partial charge is 0.316 e. The summed E-state index contributed by atoms with van der Waals surface area (Å²) < 4.78 is 2.29. The van der Waals surface area contributed by atoms with Crippen LogP contribution in [0.3, 0.4) is 0 Å². The lowest BCUT2D eigenvalue weighted by Crippen LogP contribution is -2.20. The number of hydrogen-bond donors (Lipinski definition) is 1. The van der Waals surface area contributed by atoms with E-state index < -0.39 is 0 Å². The molecule has 96 valence electrons. The highest BCUT2D eigenvalue weighted by atomic mass is 15.3. The van der Waals surface area contributed by atoms with Crippen molar-refractivity contribution in [1.82, 2.24) is 15.1 Å². The Morgan fingerprint density at radius 2 is 2.12 bits per heavy atom. The molecule has 2 unspecified atom stereocenters. The van der Waals surface area contributed by atoms with Gasteiger partial charge in [0.1, 0.15) is 0 Å². The molecule has 0 aromatic carbocycles. The van der Waals surface area contributed by atoms with E-state index >= 15 is 0 Å². The van der Waals surface area contributed by atoms with Gasteiger partial charge in [0, 0.05) is 17.8 Å². The maximum Gasteiger partial charge on any atom is 0.0641 e. The summed E-state index contributed by atoms with van der Waals surface area (Å²) in [5.41, 5.74) is 3.93. The van der Waals surface area contributed by atoms with Crippen LogP contribution in [-0.2, 0) is 6.54 Å². The molecule has 0 spiro atoms. The fourth-order valence-electron chi connectivity index (χ4n) is 3.11. The molecule has 0 saturated heterocycles. The molecule has 1 heterocycles. The van der Waals surface area contributed by atoms with E-state index in [4.69, 9.17) is 5.10 Å². The third-order valence-electron chi connectivity index (χ3n) is 4.08. The number of rotatable bonds is 3. The molecule has 0 radical (unpaired) electrons. The Morgan fingerprint density at radius 3 is 2.76 bits per heavy atom. The molecule has 0 bridgehead atoms. The Hall–Kier alpha value is -0.830. The molecule has 2 atom stereocenters. The van der Waals surface area contributed by atoms with Crippen molar-refractivity contribution in [1.29, 1.82) is 0 Å². The Labute approximate surface area is 105 Å². The van der Waals surface area contributed by atoms with Gasteiger partial charge in [-0.05, 0) is 39.7 Å². The summed E-state index contributed by atoms with van der Waals surface area (Å²) in [7, 11) is 2.00. The van der Waals surface area contributed by atoms with Crippen LogP contribution >= 0.6 is 0 Å². The summed E-state index contributed by atoms with van der Waals surface area (Å²) in [6, 6.07) is 0.628. The summed E-state index contributed by atoms with van der Waals surface area (Å²) in [5, 5.41) is 8.00. The quantitative estimate of drug-likeness (QED) is 0.873. The van der Waals surface area contributed by atoms with Crippen LogP contribution in [0.2, 0.25) is 0 Å². The van der Waals surface area contributed by atoms with Gasteiger partial charge >= 0.3 is 0 Å². The zero-order valence-corrected chi connectivity index (χ0v) is 11.6. The first-order valence-corrected chi connectivity index (χ1v) is 6.82. The highest BCUT2D eigenvalue weighted by Gasteiger charge is 2.23. The summed E-state index contributed by atoms with van der Waals surface area (Å²) in [4.78, 5) is 0. The monoisotopic (exact) mass is 235 g/mol. The van der Waals surface area contributed by atoms with Crippen LogP contribution in [0.4, 0.5) is 0 Å². The molecule has 0 aliphatic heterocycles. The van der Waals surface area contributed by atoms with Gasteiger partial charge in [0.25, 0.3) is 0 Å². The fourth-order valence-corrected chi connectivity index (χ4v) is 3.11. The van der Waals surface area contributed by atoms with Crippen LogP contribution in [0.5, 0.6) is 0 Å². The van der Waals surface area contributed by atoms with E-state index in [1.54, 1.807) is 0 Å². The van der Waals surface area contributed by atoms with Gasteiger partial charge < -0.3 is 5.32 Å². The van der Waals surface area contributed by atoms with Crippen molar-refractivity contribution in [2.75, 3.05) is 7.05 Å². The number of hydrogen-bond acceptors (Lipinski definition) is 2. The second-order valence-electron chi connectivity index (χ2n) is 5.55. The maximum absolute atomic E-state index is 4.76. The molecule has 1 N–H and O–H groups in total. The van der Waals surface area contributed by atoms with Crippen molar-refractivity contribution >= 4 is 0 Å². The summed E-state index contributed by atoms with van der Waals surface area (Å²) in [6.45, 7) is 7.64. The Balaban J connectivity index is 2.23. The molecule has 1 saturated carbocycles. The normalized spacial score (nSPS) is 25.2. The van der Waals surface area contributed by atoms with Crippen LogP contribution in [0.15, 0.2) is 0 Å². The minimum atomic E-state index is 0.628. The van der Waals surface area contributed by atoms with Gasteiger partial charge in [-0.25, -0.2) is 0 Å². The lowest BCUT2D eigenvalue weighted by atomic mass is 9.87. The van der Waals surface area contributed by atoms with E-state index in [2.05, 4.69) is 30.8 Å². The SMILES string of the molecule is CNCc1c(C)nn(C2CCCC(C)C2)c1C. The van der Waals surface area contributed by atoms with Crippen molar-refractivity contribution in [2.45, 2.75) is 59.0 Å². The Morgan fingerprint density at radius 1 is 1.35 bits per heavy atom. The lowest BCUT2D eigenvalue weighted by molar-refractivity contribution is 0.263. The van der Waals surface area contributed by atoms with E-state index in [9.17, 15) is 0 Å². The Kier molecular flexibility index (Phi) is 3.87. The molecule has 17 heavy (non-hydrogen) atoms. The number of nitrogens with one attached hydrogen (secondary N) is 1. The highest BCUT2D eigenvalue weighted by molar-refractivity contribution is 5.24. The van der Waals surface area contributed by atoms with Crippen molar-refractivity contribution in [3.63, 3.8) is 0 Å². The molecule has 2 rings (SSSR count). The van der Waals surface area contributed by atoms with Crippen molar-refractivity contribution in [3.8, 4) is 0 Å². The first-order chi connectivity index (χ1) is 8.13. The summed E-state index contributed by atoms with van der Waals surface area (Å²) >= 11 is 0. The zero-order valence-electron chi connectivity index (χ0n) is 11.6. The van der Waals surface area contributed by atoms with Gasteiger partial charge in [-0.3, -0.25) is 4.68 Å². The minimum absolute atomic E-state index is 0.628. The van der Waals surface area contributed by atoms with Crippen LogP contribution in [-0.4, -0.2) is 16.8 Å². The Bertz CT molecular complexity index is 381. The third-order valence-corrected chi connectivity index (χ3v) is 4.08. The third kappa shape index (κ3) is 2.54. The van der Waals surface area contributed by atoms with Gasteiger partial charge in [-0.15, -0.1) is 0 Å². The molecule has 1 aliphatic carbocycles. The predicted octanol–water partition coefficient (Wildman–Crippen LogP) is 2.97. The van der Waals surface area contributed by atoms with Gasteiger partial charge in [0.15, 0.2) is 0 Å². The summed E-state index contributed by atoms with van der Waals surface area (Å²) in [6.07, 6.45) is 5.33. The van der Waals surface area contributed by atoms with Crippen LogP contribution in [0.25, 0.3) is 0 Å². The lowest BCUT2D eigenvalue weighted by Gasteiger charge is -2.28. The van der Waals surface area contributed by atoms with Crippen molar-refractivity contribution in [2.24, 2.45) is 5.92 Å². The molecule has 1 aromatic heterocycles. The van der Waals surface area contributed by atoms with Gasteiger partial charge in [-0.2, -0.15) is 5.10 Å². The van der Waals surface area contributed by atoms with Gasteiger partial charge in [0.2, 0.25) is 0 Å². The van der Waals surface area contributed by atoms with Crippen LogP contribution in [0.1, 0.15) is 55.6 Å². The first-order valence-electron chi connectivity index (χ1n) is 6.82. The topological polar surface area (TPSA) is 29.9 Å². The predicted molar refractivity (Wildman–Crippen MR) is 71.1 cm³/mol. The first kappa shape index (κ1) is 12.6. The second-order valence-corrected chi connectivity index (χ2v) is 5.55. The average Bonchev–Trinajstić information content (AvgIpc) is 2.57. The second kappa shape index (κ2) is 5.21. The minimum Gasteiger partial charge on any atom is -0.316 e. The average molecular weight is 235 g/mol. The highest BCUT2D eigenvalue weighted by Crippen LogP contribution is 2.33. The number of nitrogens with zero attached hydrogens (tertiary/aromatic N) is 2. The standard InChI is InChI=1S/C14H25N3/c1-10-6-5-7-13(8-10)17-12(3)14(9-15-4)11(2)16-17/h10,13,15H,5-9H2,1-4H3. The van der Waals surface area contributed by atoms with E-state index in [0.29, 0.717) is 6.04 Å². The van der Waals surface area contributed by atoms with E-state index in [1.165, 1.54) is 42.6 Å². The van der Waals surface area contributed by atoms with Gasteiger partial charge in [0.05, 0.1) is 11.7 Å². The number of aryl methyl sites for hydroxylation is 1. The van der Waals surface area contributed by atoms with Gasteiger partial charge in [-0.1, -0.05) is 19.8 Å². The molecule has 1 aliphatic rings. The molecular formula is C14H25N3. The van der Waals surface area contributed by atoms with Crippen molar-refractivity contribution in [3.05, 3.63) is 17.0 Å². The van der Waals surface area contributed by atoms with E-state index in [-0.39, 0.29) is 0 Å². The van der Waals surface area contributed by atoms with Crippen molar-refractivity contribution < 1.29 is 0 Å². The summed E-state index contributed by atoms with van der Waals surface area (Å²) in [5.74, 6) is 0.852. The maximum atomic E-state index is 4.76. The molecule has 1 fully saturated rings. The van der Waals surface area contributed by atoms with E-state index in [0.717, 1.165) is 12.5 Å². The molecule has 3 heteroatoms. The fraction of sp³-hybridized carbons (Fsp3) is 0.786.